The number of fused-ring (bicyclic) bond motifs is 6. The molecule has 122 valence electrons. The van der Waals surface area contributed by atoms with Gasteiger partial charge in [-0.1, -0.05) is 36.5 Å². The first-order chi connectivity index (χ1) is 12.3. The summed E-state index contributed by atoms with van der Waals surface area (Å²) in [6, 6.07) is 2.51. The number of nitrogens with one attached hydrogen (secondary N) is 1. The number of hydrogen-bond donors (Lipinski definition) is 1. The van der Waals surface area contributed by atoms with Gasteiger partial charge in [0.25, 0.3) is 0 Å². The monoisotopic (exact) mass is 327 g/mol. The number of nitrogens with zero attached hydrogens (tertiary/aromatic N) is 2. The Kier molecular flexibility index (Phi) is 2.78. The summed E-state index contributed by atoms with van der Waals surface area (Å²) in [5, 5.41) is 16.8. The molecule has 0 saturated heterocycles. The second-order valence-corrected chi connectivity index (χ2v) is 6.54. The zero-order valence-electron chi connectivity index (χ0n) is 14.1. The number of ether oxygens (including phenoxy) is 1. The minimum atomic E-state index is 0.108. The maximum atomic E-state index is 9.93. The molecule has 1 unspecified atom stereocenters. The highest BCUT2D eigenvalue weighted by Gasteiger charge is 2.30. The van der Waals surface area contributed by atoms with Crippen LogP contribution in [0.5, 0.6) is 5.75 Å². The third-order valence-electron chi connectivity index (χ3n) is 5.38. The van der Waals surface area contributed by atoms with Crippen LogP contribution in [0.2, 0.25) is 0 Å². The average molecular weight is 327 g/mol. The summed E-state index contributed by atoms with van der Waals surface area (Å²) >= 11 is 0. The van der Waals surface area contributed by atoms with Crippen molar-refractivity contribution in [2.75, 3.05) is 12.4 Å². The van der Waals surface area contributed by atoms with Crippen molar-refractivity contribution < 1.29 is 4.74 Å². The van der Waals surface area contributed by atoms with E-state index in [1.54, 1.807) is 7.11 Å². The lowest BCUT2D eigenvalue weighted by atomic mass is 9.97. The number of benzene rings is 1. The minimum Gasteiger partial charge on any atom is -0.495 e. The van der Waals surface area contributed by atoms with Crippen LogP contribution in [-0.4, -0.2) is 17.7 Å². The van der Waals surface area contributed by atoms with E-state index in [2.05, 4.69) is 53.4 Å². The predicted octanol–water partition coefficient (Wildman–Crippen LogP) is 2.02. The molecule has 3 aliphatic rings. The molecule has 0 spiro atoms. The van der Waals surface area contributed by atoms with E-state index in [-0.39, 0.29) is 6.04 Å². The smallest absolute Gasteiger partial charge is 0.147 e. The number of anilines is 1. The van der Waals surface area contributed by atoms with Crippen LogP contribution in [0.3, 0.4) is 0 Å². The van der Waals surface area contributed by atoms with Crippen LogP contribution in [-0.2, 0) is 13.5 Å². The van der Waals surface area contributed by atoms with Gasteiger partial charge in [0.1, 0.15) is 17.4 Å². The number of aryl methyl sites for hydroxylation is 1. The Hall–Kier alpha value is -3.19. The average Bonchev–Trinajstić information content (AvgIpc) is 3.17. The SMILES string of the molecule is COc1c(C#N)c2c(c3c1c1c(n3C)=CC=CC1)NC1C=CC=CC=21. The topological polar surface area (TPSA) is 50.0 Å². The number of hydrogen-bond acceptors (Lipinski definition) is 3. The Morgan fingerprint density at radius 2 is 2.20 bits per heavy atom. The minimum absolute atomic E-state index is 0.108. The van der Waals surface area contributed by atoms with Crippen LogP contribution in [0.1, 0.15) is 11.1 Å². The summed E-state index contributed by atoms with van der Waals surface area (Å²) in [6.07, 6.45) is 15.5. The second kappa shape index (κ2) is 4.90. The van der Waals surface area contributed by atoms with Gasteiger partial charge in [0.05, 0.1) is 24.4 Å². The number of aromatic nitrogens is 1. The van der Waals surface area contributed by atoms with Gasteiger partial charge >= 0.3 is 0 Å². The largest absolute Gasteiger partial charge is 0.495 e. The molecular weight excluding hydrogens is 310 g/mol. The lowest BCUT2D eigenvalue weighted by Gasteiger charge is -2.13. The molecule has 0 fully saturated rings. The first-order valence-electron chi connectivity index (χ1n) is 8.40. The Morgan fingerprint density at radius 3 is 3.00 bits per heavy atom. The van der Waals surface area contributed by atoms with Gasteiger partial charge in [0.2, 0.25) is 0 Å². The lowest BCUT2D eigenvalue weighted by Crippen LogP contribution is -2.18. The molecule has 2 aliphatic carbocycles. The van der Waals surface area contributed by atoms with Gasteiger partial charge in [0, 0.05) is 23.0 Å². The van der Waals surface area contributed by atoms with Crippen molar-refractivity contribution in [1.29, 1.82) is 5.26 Å². The molecule has 0 bridgehead atoms. The van der Waals surface area contributed by atoms with Crippen molar-refractivity contribution >= 4 is 28.2 Å². The molecule has 0 saturated carbocycles. The van der Waals surface area contributed by atoms with E-state index in [1.165, 1.54) is 10.9 Å². The molecule has 1 atom stereocenters. The summed E-state index contributed by atoms with van der Waals surface area (Å²) in [5.74, 6) is 0.690. The lowest BCUT2D eigenvalue weighted by molar-refractivity contribution is 0.418. The van der Waals surface area contributed by atoms with Crippen LogP contribution in [0.4, 0.5) is 5.69 Å². The van der Waals surface area contributed by atoms with Gasteiger partial charge in [-0.3, -0.25) is 0 Å². The van der Waals surface area contributed by atoms with Crippen LogP contribution >= 0.6 is 0 Å². The Balaban J connectivity index is 2.07. The van der Waals surface area contributed by atoms with E-state index in [1.807, 2.05) is 12.2 Å². The van der Waals surface area contributed by atoms with E-state index in [0.29, 0.717) is 11.3 Å². The molecule has 0 amide bonds. The normalized spacial score (nSPS) is 19.1. The van der Waals surface area contributed by atoms with Gasteiger partial charge in [-0.25, -0.2) is 0 Å². The summed E-state index contributed by atoms with van der Waals surface area (Å²) < 4.78 is 7.99. The molecule has 1 aliphatic heterocycles. The zero-order valence-corrected chi connectivity index (χ0v) is 14.1. The van der Waals surface area contributed by atoms with E-state index >= 15 is 0 Å². The summed E-state index contributed by atoms with van der Waals surface area (Å²) in [5.41, 5.74) is 5.13. The molecule has 0 radical (unpaired) electrons. The van der Waals surface area contributed by atoms with Gasteiger partial charge < -0.3 is 14.6 Å². The molecular formula is C21H17N3O. The maximum Gasteiger partial charge on any atom is 0.147 e. The molecule has 2 aromatic rings. The Labute approximate surface area is 145 Å². The van der Waals surface area contributed by atoms with Crippen LogP contribution in [0.25, 0.3) is 22.6 Å². The van der Waals surface area contributed by atoms with Gasteiger partial charge in [-0.2, -0.15) is 5.26 Å². The van der Waals surface area contributed by atoms with Crippen molar-refractivity contribution in [3.63, 3.8) is 0 Å². The first kappa shape index (κ1) is 14.2. The number of methoxy groups -OCH3 is 1. The fraction of sp³-hybridized carbons (Fsp3) is 0.190. The first-order valence-corrected chi connectivity index (χ1v) is 8.40. The highest BCUT2D eigenvalue weighted by atomic mass is 16.5. The number of rotatable bonds is 1. The molecule has 5 rings (SSSR count). The quantitative estimate of drug-likeness (QED) is 0.872. The molecule has 1 aromatic heterocycles. The molecule has 1 N–H and O–H groups in total. The van der Waals surface area contributed by atoms with Crippen LogP contribution in [0, 0.1) is 11.3 Å². The highest BCUT2D eigenvalue weighted by molar-refractivity contribution is 6.04. The second-order valence-electron chi connectivity index (χ2n) is 6.54. The highest BCUT2D eigenvalue weighted by Crippen LogP contribution is 2.38. The summed E-state index contributed by atoms with van der Waals surface area (Å²) in [4.78, 5) is 0. The fourth-order valence-corrected chi connectivity index (χ4v) is 4.35. The van der Waals surface area contributed by atoms with Gasteiger partial charge in [-0.15, -0.1) is 0 Å². The third kappa shape index (κ3) is 1.65. The van der Waals surface area contributed by atoms with E-state index in [0.717, 1.165) is 33.8 Å². The van der Waals surface area contributed by atoms with E-state index in [9.17, 15) is 5.26 Å². The van der Waals surface area contributed by atoms with Gasteiger partial charge in [0.15, 0.2) is 0 Å². The van der Waals surface area contributed by atoms with Crippen molar-refractivity contribution in [2.45, 2.75) is 12.5 Å². The zero-order chi connectivity index (χ0) is 17.1. The molecule has 2 heterocycles. The van der Waals surface area contributed by atoms with Crippen LogP contribution < -0.4 is 20.6 Å². The summed E-state index contributed by atoms with van der Waals surface area (Å²) in [7, 11) is 3.74. The molecule has 4 nitrogen and oxygen atoms in total. The third-order valence-corrected chi connectivity index (χ3v) is 5.38. The van der Waals surface area contributed by atoms with Crippen molar-refractivity contribution in [3.8, 4) is 11.8 Å². The van der Waals surface area contributed by atoms with Crippen molar-refractivity contribution in [3.05, 3.63) is 58.2 Å². The van der Waals surface area contributed by atoms with E-state index in [4.69, 9.17) is 4.74 Å². The van der Waals surface area contributed by atoms with E-state index < -0.39 is 0 Å². The Morgan fingerprint density at radius 1 is 1.32 bits per heavy atom. The van der Waals surface area contributed by atoms with Crippen molar-refractivity contribution in [1.82, 2.24) is 4.57 Å². The number of nitriles is 1. The standard InChI is InChI=1S/C21H17N3O/c1-24-16-10-6-4-8-13(16)18-20(24)19-17(14(11-22)21(18)25-2)12-7-3-5-9-15(12)23-19/h3-7,9-10,15,23H,8H2,1-2H3. The van der Waals surface area contributed by atoms with Gasteiger partial charge in [-0.05, 0) is 23.6 Å². The molecule has 1 aromatic carbocycles. The Bertz CT molecular complexity index is 1200. The molecule has 25 heavy (non-hydrogen) atoms. The van der Waals surface area contributed by atoms with Crippen LogP contribution in [0.15, 0.2) is 36.5 Å². The number of allylic oxidation sites excluding steroid dienone is 4. The predicted molar refractivity (Wildman–Crippen MR) is 99.8 cm³/mol. The fourth-order valence-electron chi connectivity index (χ4n) is 4.35. The maximum absolute atomic E-state index is 9.93. The van der Waals surface area contributed by atoms with Crippen molar-refractivity contribution in [2.24, 2.45) is 7.05 Å². The summed E-state index contributed by atoms with van der Waals surface area (Å²) in [6.45, 7) is 0. The molecule has 4 heteroatoms.